The second-order valence-corrected chi connectivity index (χ2v) is 20.5. The van der Waals surface area contributed by atoms with Gasteiger partial charge in [0.25, 0.3) is 0 Å². The lowest BCUT2D eigenvalue weighted by molar-refractivity contribution is 0.530. The van der Waals surface area contributed by atoms with Gasteiger partial charge in [-0.05, 0) is 168 Å². The van der Waals surface area contributed by atoms with Crippen molar-refractivity contribution in [1.82, 2.24) is 0 Å². The van der Waals surface area contributed by atoms with Crippen LogP contribution in [0.5, 0.6) is 0 Å². The van der Waals surface area contributed by atoms with E-state index < -0.39 is 0 Å². The first-order valence-electron chi connectivity index (χ1n) is 25.5. The largest absolute Gasteiger partial charge is 0.314 e. The Hall–Kier alpha value is -6.64. The average Bonchev–Trinajstić information content (AvgIpc) is 4.15. The summed E-state index contributed by atoms with van der Waals surface area (Å²) in [4.78, 5) is 5.14. The number of allylic oxidation sites excluding steroid dienone is 10. The van der Waals surface area contributed by atoms with Crippen molar-refractivity contribution < 1.29 is 0 Å². The van der Waals surface area contributed by atoms with Crippen molar-refractivity contribution >= 4 is 34.5 Å². The Morgan fingerprint density at radius 3 is 1.75 bits per heavy atom. The maximum absolute atomic E-state index is 4.52. The molecule has 13 rings (SSSR count). The zero-order chi connectivity index (χ0) is 44.5. The van der Waals surface area contributed by atoms with Crippen LogP contribution in [-0.4, -0.2) is 0 Å². The Morgan fingerprint density at radius 2 is 1.09 bits per heavy atom. The molecule has 0 bridgehead atoms. The Labute approximate surface area is 398 Å². The van der Waals surface area contributed by atoms with Crippen LogP contribution in [0.4, 0.5) is 28.4 Å². The molecule has 2 fully saturated rings. The molecule has 67 heavy (non-hydrogen) atoms. The number of para-hydroxylation sites is 4. The molecule has 2 aliphatic heterocycles. The van der Waals surface area contributed by atoms with Crippen LogP contribution in [0.15, 0.2) is 199 Å². The summed E-state index contributed by atoms with van der Waals surface area (Å²) in [5.41, 5.74) is 25.0. The van der Waals surface area contributed by atoms with Crippen molar-refractivity contribution in [3.63, 3.8) is 0 Å². The Kier molecular flexibility index (Phi) is 9.88. The number of nitrogens with zero attached hydrogens (tertiary/aromatic N) is 2. The van der Waals surface area contributed by atoms with E-state index in [0.717, 1.165) is 18.4 Å². The highest BCUT2D eigenvalue weighted by molar-refractivity contribution is 5.90. The molecule has 2 saturated carbocycles. The fourth-order valence-corrected chi connectivity index (χ4v) is 13.9. The highest BCUT2D eigenvalue weighted by atomic mass is 15.2. The normalized spacial score (nSPS) is 19.7. The minimum Gasteiger partial charge on any atom is -0.314 e. The van der Waals surface area contributed by atoms with Gasteiger partial charge in [-0.25, -0.2) is 0 Å². The summed E-state index contributed by atoms with van der Waals surface area (Å²) in [6.45, 7) is 4.52. The molecule has 0 N–H and O–H groups in total. The third-order valence-corrected chi connectivity index (χ3v) is 16.9. The third kappa shape index (κ3) is 6.50. The highest BCUT2D eigenvalue weighted by Crippen LogP contribution is 2.61. The van der Waals surface area contributed by atoms with Crippen LogP contribution in [0.1, 0.15) is 135 Å². The summed E-state index contributed by atoms with van der Waals surface area (Å²) in [6, 6.07) is 51.5. The van der Waals surface area contributed by atoms with Crippen LogP contribution in [0.2, 0.25) is 0 Å². The van der Waals surface area contributed by atoms with Gasteiger partial charge in [0.2, 0.25) is 0 Å². The average molecular weight is 869 g/mol. The van der Waals surface area contributed by atoms with Crippen LogP contribution < -0.4 is 9.80 Å². The molecule has 5 aliphatic carbocycles. The first-order valence-corrected chi connectivity index (χ1v) is 25.5. The lowest BCUT2D eigenvalue weighted by Crippen LogP contribution is -2.33. The molecule has 2 heteroatoms. The van der Waals surface area contributed by atoms with Crippen molar-refractivity contribution in [2.45, 2.75) is 107 Å². The van der Waals surface area contributed by atoms with Gasteiger partial charge in [0.05, 0.1) is 11.4 Å². The number of hydrogen-bond acceptors (Lipinski definition) is 2. The number of fused-ring (bicyclic) bond motifs is 11. The minimum absolute atomic E-state index is 0.0455. The number of rotatable bonds is 7. The molecule has 6 aromatic rings. The van der Waals surface area contributed by atoms with Crippen LogP contribution in [0.3, 0.4) is 0 Å². The molecule has 330 valence electrons. The lowest BCUT2D eigenvalue weighted by atomic mass is 9.69. The van der Waals surface area contributed by atoms with Gasteiger partial charge in [-0.15, -0.1) is 0 Å². The van der Waals surface area contributed by atoms with E-state index in [0.29, 0.717) is 5.92 Å². The molecule has 2 spiro atoms. The lowest BCUT2D eigenvalue weighted by Gasteiger charge is -2.44. The van der Waals surface area contributed by atoms with Gasteiger partial charge in [-0.2, -0.15) is 0 Å². The SMILES string of the molecule is C=C(C=CC1=CCCC(N2c3ccccc3C(C3=CCCCC3)c3ccccc32)=C1)C=Cc1ccc2c(c1)C1(CCCC1)c1cc(N3c4ccccc4C4(CCCC4)c4ccccc43)ccc1-2. The van der Waals surface area contributed by atoms with Crippen LogP contribution >= 0.6 is 0 Å². The van der Waals surface area contributed by atoms with Crippen LogP contribution in [0, 0.1) is 0 Å². The van der Waals surface area contributed by atoms with E-state index in [1.807, 2.05) is 0 Å². The second-order valence-electron chi connectivity index (χ2n) is 20.5. The van der Waals surface area contributed by atoms with Gasteiger partial charge < -0.3 is 9.80 Å². The van der Waals surface area contributed by atoms with E-state index in [1.54, 1.807) is 5.57 Å². The van der Waals surface area contributed by atoms with Crippen LogP contribution in [-0.2, 0) is 10.8 Å². The van der Waals surface area contributed by atoms with Gasteiger partial charge in [-0.1, -0.05) is 171 Å². The first kappa shape index (κ1) is 40.6. The predicted molar refractivity (Wildman–Crippen MR) is 281 cm³/mol. The van der Waals surface area contributed by atoms with Gasteiger partial charge in [0.1, 0.15) is 0 Å². The van der Waals surface area contributed by atoms with Crippen molar-refractivity contribution in [1.29, 1.82) is 0 Å². The molecular weight excluding hydrogens is 809 g/mol. The molecule has 0 radical (unpaired) electrons. The monoisotopic (exact) mass is 868 g/mol. The Balaban J connectivity index is 0.771. The van der Waals surface area contributed by atoms with E-state index in [2.05, 4.69) is 192 Å². The smallest absolute Gasteiger partial charge is 0.0502 e. The van der Waals surface area contributed by atoms with Gasteiger partial charge >= 0.3 is 0 Å². The minimum atomic E-state index is 0.0455. The number of hydrogen-bond donors (Lipinski definition) is 0. The van der Waals surface area contributed by atoms with Crippen molar-refractivity contribution in [3.05, 3.63) is 238 Å². The van der Waals surface area contributed by atoms with E-state index in [-0.39, 0.29) is 10.8 Å². The maximum Gasteiger partial charge on any atom is 0.0502 e. The summed E-state index contributed by atoms with van der Waals surface area (Å²) >= 11 is 0. The van der Waals surface area contributed by atoms with E-state index in [4.69, 9.17) is 0 Å². The summed E-state index contributed by atoms with van der Waals surface area (Å²) in [7, 11) is 0. The molecule has 6 aromatic carbocycles. The highest BCUT2D eigenvalue weighted by Gasteiger charge is 2.48. The van der Waals surface area contributed by atoms with E-state index in [9.17, 15) is 0 Å². The molecule has 0 unspecified atom stereocenters. The second kappa shape index (κ2) is 16.3. The summed E-state index contributed by atoms with van der Waals surface area (Å²) in [5.74, 6) is 0.335. The Bertz CT molecular complexity index is 3040. The van der Waals surface area contributed by atoms with Crippen molar-refractivity contribution in [2.75, 3.05) is 9.80 Å². The Morgan fingerprint density at radius 1 is 0.507 bits per heavy atom. The third-order valence-electron chi connectivity index (χ3n) is 16.9. The first-order chi connectivity index (χ1) is 33.1. The van der Waals surface area contributed by atoms with E-state index >= 15 is 0 Å². The quantitative estimate of drug-likeness (QED) is 0.116. The maximum atomic E-state index is 4.52. The predicted octanol–water partition coefficient (Wildman–Crippen LogP) is 17.7. The van der Waals surface area contributed by atoms with Gasteiger partial charge in [0.15, 0.2) is 0 Å². The molecule has 0 aromatic heterocycles. The molecule has 0 amide bonds. The van der Waals surface area contributed by atoms with Crippen LogP contribution in [0.25, 0.3) is 17.2 Å². The standard InChI is InChI=1S/C65H60N2/c1-45(30-32-46-18-17-21-49(42-46)66-59-26-9-5-22-53(59)63(48-19-3-2-4-20-48)54-23-6-10-27-60(54)66)31-33-47-34-36-51-52-37-35-50(44-58(52)65(57(51)43-47)40-15-16-41-65)67-61-28-11-7-24-55(61)64(38-13-14-39-64)56-25-8-12-29-62(56)67/h5-12,18-19,22-37,42-44,63H,1-4,13-17,20-21,38-41H2. The van der Waals surface area contributed by atoms with E-state index in [1.165, 1.54) is 167 Å². The molecule has 2 heterocycles. The molecule has 7 aliphatic rings. The fourth-order valence-electron chi connectivity index (χ4n) is 13.9. The molecule has 0 atom stereocenters. The molecule has 0 saturated heterocycles. The van der Waals surface area contributed by atoms with Gasteiger partial charge in [0, 0.05) is 39.5 Å². The molecular formula is C65H60N2. The zero-order valence-corrected chi connectivity index (χ0v) is 38.8. The zero-order valence-electron chi connectivity index (χ0n) is 38.8. The number of anilines is 5. The fraction of sp³-hybridized carbons (Fsp3) is 0.262. The van der Waals surface area contributed by atoms with Crippen molar-refractivity contribution in [3.8, 4) is 11.1 Å². The molecule has 2 nitrogen and oxygen atoms in total. The number of benzene rings is 6. The van der Waals surface area contributed by atoms with Crippen molar-refractivity contribution in [2.24, 2.45) is 0 Å². The summed E-state index contributed by atoms with van der Waals surface area (Å²) in [6.07, 6.45) is 33.3. The van der Waals surface area contributed by atoms with Gasteiger partial charge in [-0.3, -0.25) is 0 Å². The summed E-state index contributed by atoms with van der Waals surface area (Å²) in [5, 5.41) is 0. The topological polar surface area (TPSA) is 6.48 Å². The summed E-state index contributed by atoms with van der Waals surface area (Å²) < 4.78 is 0.